The number of aromatic nitrogens is 3. The van der Waals surface area contributed by atoms with Gasteiger partial charge in [0.1, 0.15) is 11.4 Å². The number of imidazole rings is 2. The number of carboxylic acids is 1. The summed E-state index contributed by atoms with van der Waals surface area (Å²) in [6, 6.07) is 3.62. The lowest BCUT2D eigenvalue weighted by Crippen LogP contribution is -2.04. The van der Waals surface area contributed by atoms with Crippen LogP contribution in [-0.2, 0) is 7.05 Å². The predicted octanol–water partition coefficient (Wildman–Crippen LogP) is 1.94. The van der Waals surface area contributed by atoms with Gasteiger partial charge in [-0.3, -0.25) is 4.40 Å². The maximum absolute atomic E-state index is 11.0. The van der Waals surface area contributed by atoms with Crippen LogP contribution in [0.2, 0.25) is 0 Å². The second-order valence-electron chi connectivity index (χ2n) is 4.07. The van der Waals surface area contributed by atoms with Gasteiger partial charge in [0.15, 0.2) is 5.76 Å². The number of furan rings is 1. The number of rotatable bonds is 2. The molecular weight excluding hydrogens is 234 g/mol. The molecule has 0 spiro atoms. The van der Waals surface area contributed by atoms with E-state index >= 15 is 0 Å². The number of aryl methyl sites for hydroxylation is 2. The van der Waals surface area contributed by atoms with E-state index in [1.54, 1.807) is 34.5 Å². The molecule has 6 heteroatoms. The van der Waals surface area contributed by atoms with Crippen LogP contribution in [-0.4, -0.2) is 25.0 Å². The molecule has 1 N–H and O–H groups in total. The molecular formula is C12H11N3O3. The van der Waals surface area contributed by atoms with Crippen LogP contribution < -0.4 is 0 Å². The number of hydrogen-bond acceptors (Lipinski definition) is 3. The molecule has 3 aromatic rings. The Labute approximate surface area is 102 Å². The van der Waals surface area contributed by atoms with Crippen molar-refractivity contribution in [3.63, 3.8) is 0 Å². The molecule has 0 saturated carbocycles. The van der Waals surface area contributed by atoms with Crippen LogP contribution in [0.4, 0.5) is 0 Å². The highest BCUT2D eigenvalue weighted by atomic mass is 16.4. The molecule has 0 amide bonds. The van der Waals surface area contributed by atoms with E-state index in [9.17, 15) is 4.79 Å². The van der Waals surface area contributed by atoms with Crippen molar-refractivity contribution < 1.29 is 14.3 Å². The van der Waals surface area contributed by atoms with Crippen molar-refractivity contribution in [2.75, 3.05) is 0 Å². The van der Waals surface area contributed by atoms with Gasteiger partial charge in [-0.2, -0.15) is 0 Å². The summed E-state index contributed by atoms with van der Waals surface area (Å²) in [6.07, 6.45) is 3.15. The molecule has 0 fully saturated rings. The van der Waals surface area contributed by atoms with Crippen LogP contribution in [0.15, 0.2) is 29.0 Å². The second kappa shape index (κ2) is 3.49. The largest absolute Gasteiger partial charge is 0.477 e. The number of fused-ring (bicyclic) bond motifs is 1. The van der Waals surface area contributed by atoms with Crippen molar-refractivity contribution in [3.8, 4) is 11.5 Å². The van der Waals surface area contributed by atoms with Crippen molar-refractivity contribution in [3.05, 3.63) is 36.0 Å². The highest BCUT2D eigenvalue weighted by Crippen LogP contribution is 2.25. The lowest BCUT2D eigenvalue weighted by atomic mass is 10.3. The summed E-state index contributed by atoms with van der Waals surface area (Å²) in [6.45, 7) is 1.88. The predicted molar refractivity (Wildman–Crippen MR) is 63.6 cm³/mol. The van der Waals surface area contributed by atoms with Gasteiger partial charge in [0, 0.05) is 13.2 Å². The molecule has 3 aromatic heterocycles. The Balaban J connectivity index is 2.28. The molecule has 3 heterocycles. The monoisotopic (exact) mass is 245 g/mol. The minimum atomic E-state index is -0.970. The van der Waals surface area contributed by atoms with Gasteiger partial charge >= 0.3 is 5.97 Å². The zero-order chi connectivity index (χ0) is 12.9. The third-order valence-electron chi connectivity index (χ3n) is 3.02. The zero-order valence-electron chi connectivity index (χ0n) is 9.91. The van der Waals surface area contributed by atoms with Gasteiger partial charge in [-0.05, 0) is 19.1 Å². The molecule has 18 heavy (non-hydrogen) atoms. The summed E-state index contributed by atoms with van der Waals surface area (Å²) in [4.78, 5) is 15.5. The van der Waals surface area contributed by atoms with E-state index in [1.807, 2.05) is 13.0 Å². The summed E-state index contributed by atoms with van der Waals surface area (Å²) >= 11 is 0. The fraction of sp³-hybridized carbons (Fsp3) is 0.167. The lowest BCUT2D eigenvalue weighted by molar-refractivity contribution is 0.0687. The van der Waals surface area contributed by atoms with Crippen molar-refractivity contribution in [2.24, 2.45) is 7.05 Å². The smallest absolute Gasteiger partial charge is 0.354 e. The van der Waals surface area contributed by atoms with E-state index in [2.05, 4.69) is 4.98 Å². The molecule has 3 rings (SSSR count). The SMILES string of the molecule is Cc1c(-c2ccco2)nc2n(C)c(C(=O)O)cn12. The fourth-order valence-corrected chi connectivity index (χ4v) is 2.05. The second-order valence-corrected chi connectivity index (χ2v) is 4.07. The normalized spacial score (nSPS) is 11.2. The Morgan fingerprint density at radius 3 is 2.83 bits per heavy atom. The Hall–Kier alpha value is -2.50. The summed E-state index contributed by atoms with van der Waals surface area (Å²) in [7, 11) is 1.68. The van der Waals surface area contributed by atoms with Gasteiger partial charge in [-0.1, -0.05) is 0 Å². The molecule has 0 atom stereocenters. The minimum Gasteiger partial charge on any atom is -0.477 e. The Morgan fingerprint density at radius 1 is 1.50 bits per heavy atom. The third kappa shape index (κ3) is 1.29. The molecule has 92 valence electrons. The minimum absolute atomic E-state index is 0.201. The molecule has 0 aliphatic rings. The van der Waals surface area contributed by atoms with Crippen LogP contribution in [0.3, 0.4) is 0 Å². The Kier molecular flexibility index (Phi) is 2.07. The molecule has 0 aliphatic heterocycles. The standard InChI is InChI=1S/C12H11N3O3/c1-7-10(9-4-3-5-18-9)13-12-14(2)8(11(16)17)6-15(7)12/h3-6H,1-2H3,(H,16,17). The van der Waals surface area contributed by atoms with Crippen LogP contribution in [0, 0.1) is 6.92 Å². The maximum atomic E-state index is 11.0. The highest BCUT2D eigenvalue weighted by molar-refractivity contribution is 5.86. The van der Waals surface area contributed by atoms with E-state index in [0.29, 0.717) is 11.5 Å². The van der Waals surface area contributed by atoms with E-state index < -0.39 is 5.97 Å². The average Bonchev–Trinajstić information content (AvgIpc) is 2.98. The first-order valence-corrected chi connectivity index (χ1v) is 5.41. The first-order chi connectivity index (χ1) is 8.59. The van der Waals surface area contributed by atoms with Gasteiger partial charge in [-0.15, -0.1) is 0 Å². The van der Waals surface area contributed by atoms with Crippen molar-refractivity contribution in [1.82, 2.24) is 14.0 Å². The number of carbonyl (C=O) groups is 1. The summed E-state index contributed by atoms with van der Waals surface area (Å²) < 4.78 is 8.61. The van der Waals surface area contributed by atoms with E-state index in [1.165, 1.54) is 0 Å². The van der Waals surface area contributed by atoms with Gasteiger partial charge in [0.2, 0.25) is 5.78 Å². The number of carboxylic acid groups (broad SMARTS) is 1. The molecule has 0 aromatic carbocycles. The summed E-state index contributed by atoms with van der Waals surface area (Å²) in [5.41, 5.74) is 1.78. The van der Waals surface area contributed by atoms with Crippen LogP contribution in [0.1, 0.15) is 16.2 Å². The highest BCUT2D eigenvalue weighted by Gasteiger charge is 2.19. The van der Waals surface area contributed by atoms with Crippen LogP contribution in [0.5, 0.6) is 0 Å². The summed E-state index contributed by atoms with van der Waals surface area (Å²) in [5.74, 6) is 0.284. The first kappa shape index (κ1) is 10.6. The van der Waals surface area contributed by atoms with Gasteiger partial charge in [0.05, 0.1) is 12.0 Å². The molecule has 6 nitrogen and oxygen atoms in total. The fourth-order valence-electron chi connectivity index (χ4n) is 2.05. The first-order valence-electron chi connectivity index (χ1n) is 5.41. The van der Waals surface area contributed by atoms with Crippen molar-refractivity contribution in [2.45, 2.75) is 6.92 Å². The van der Waals surface area contributed by atoms with Crippen LogP contribution >= 0.6 is 0 Å². The van der Waals surface area contributed by atoms with Gasteiger partial charge in [0.25, 0.3) is 0 Å². The van der Waals surface area contributed by atoms with Gasteiger partial charge in [-0.25, -0.2) is 9.78 Å². The number of aromatic carboxylic acids is 1. The van der Waals surface area contributed by atoms with Crippen molar-refractivity contribution in [1.29, 1.82) is 0 Å². The van der Waals surface area contributed by atoms with Gasteiger partial charge < -0.3 is 14.1 Å². The molecule has 0 aliphatic carbocycles. The molecule has 0 saturated heterocycles. The van der Waals surface area contributed by atoms with E-state index in [0.717, 1.165) is 11.4 Å². The topological polar surface area (TPSA) is 72.7 Å². The van der Waals surface area contributed by atoms with Crippen molar-refractivity contribution >= 4 is 11.7 Å². The quantitative estimate of drug-likeness (QED) is 0.748. The Morgan fingerprint density at radius 2 is 2.28 bits per heavy atom. The van der Waals surface area contributed by atoms with E-state index in [4.69, 9.17) is 9.52 Å². The average molecular weight is 245 g/mol. The number of nitrogens with zero attached hydrogens (tertiary/aromatic N) is 3. The Bertz CT molecular complexity index is 734. The molecule has 0 radical (unpaired) electrons. The lowest BCUT2D eigenvalue weighted by Gasteiger charge is -1.95. The molecule has 0 unspecified atom stereocenters. The van der Waals surface area contributed by atoms with Crippen LogP contribution in [0.25, 0.3) is 17.2 Å². The zero-order valence-corrected chi connectivity index (χ0v) is 9.91. The van der Waals surface area contributed by atoms with E-state index in [-0.39, 0.29) is 5.69 Å². The maximum Gasteiger partial charge on any atom is 0.354 e. The third-order valence-corrected chi connectivity index (χ3v) is 3.02. The summed E-state index contributed by atoms with van der Waals surface area (Å²) in [5, 5.41) is 9.05. The number of hydrogen-bond donors (Lipinski definition) is 1. The molecule has 0 bridgehead atoms.